The number of pyridine rings is 1. The molecule has 1 N–H and O–H groups in total. The van der Waals surface area contributed by atoms with E-state index < -0.39 is 28.6 Å². The van der Waals surface area contributed by atoms with Crippen molar-refractivity contribution in [3.63, 3.8) is 0 Å². The fraction of sp³-hybridized carbons (Fsp3) is 0.286. The van der Waals surface area contributed by atoms with Crippen LogP contribution in [0.4, 0.5) is 13.2 Å². The van der Waals surface area contributed by atoms with Gasteiger partial charge in [0, 0.05) is 23.1 Å². The van der Waals surface area contributed by atoms with Gasteiger partial charge < -0.3 is 9.17 Å². The number of Topliss-reactive ketones (excluding diaryl/α,β-unsaturated/α-hetero) is 1. The summed E-state index contributed by atoms with van der Waals surface area (Å²) in [5.41, 5.74) is -2.81. The summed E-state index contributed by atoms with van der Waals surface area (Å²) >= 11 is 6.58. The molecule has 0 saturated carbocycles. The van der Waals surface area contributed by atoms with Crippen molar-refractivity contribution < 1.29 is 22.1 Å². The second-order valence-corrected chi connectivity index (χ2v) is 5.50. The Bertz CT molecular complexity index is 833. The number of carbonyl (C=O) groups is 1. The van der Waals surface area contributed by atoms with Crippen LogP contribution in [0.25, 0.3) is 10.9 Å². The molecule has 2 rings (SSSR count). The maximum absolute atomic E-state index is 13.2. The Hall–Kier alpha value is -1.67. The second kappa shape index (κ2) is 6.45. The van der Waals surface area contributed by atoms with E-state index in [2.05, 4.69) is 4.98 Å². The molecule has 0 spiro atoms. The minimum atomic E-state index is -4.72. The van der Waals surface area contributed by atoms with Gasteiger partial charge in [0.25, 0.3) is 5.56 Å². The Morgan fingerprint density at radius 2 is 2.04 bits per heavy atom. The lowest BCUT2D eigenvalue weighted by molar-refractivity contribution is -0.136. The predicted octanol–water partition coefficient (Wildman–Crippen LogP) is 4.45. The lowest BCUT2D eigenvalue weighted by Gasteiger charge is -2.15. The lowest BCUT2D eigenvalue weighted by Crippen LogP contribution is -2.20. The third kappa shape index (κ3) is 3.32. The largest absolute Gasteiger partial charge is 0.424 e. The first-order valence-corrected chi connectivity index (χ1v) is 7.94. The number of carbonyl (C=O) groups excluding carboxylic acids is 1. The smallest absolute Gasteiger partial charge is 0.418 e. The number of nitrogens with one attached hydrogen (secondary N) is 1. The van der Waals surface area contributed by atoms with Gasteiger partial charge in [0.15, 0.2) is 11.5 Å². The fourth-order valence-electron chi connectivity index (χ4n) is 2.16. The van der Waals surface area contributed by atoms with Crippen LogP contribution in [0.3, 0.4) is 0 Å². The van der Waals surface area contributed by atoms with E-state index in [0.29, 0.717) is 6.07 Å². The number of aromatic nitrogens is 1. The number of ketones is 1. The topological polar surface area (TPSA) is 59.2 Å². The van der Waals surface area contributed by atoms with Crippen molar-refractivity contribution in [2.45, 2.75) is 19.5 Å². The monoisotopic (exact) mass is 365 g/mol. The number of halogens is 4. The van der Waals surface area contributed by atoms with E-state index in [4.69, 9.17) is 15.8 Å². The van der Waals surface area contributed by atoms with Crippen molar-refractivity contribution in [2.75, 3.05) is 6.26 Å². The van der Waals surface area contributed by atoms with E-state index in [1.807, 2.05) is 0 Å². The predicted molar refractivity (Wildman–Crippen MR) is 83.3 cm³/mol. The zero-order valence-electron chi connectivity index (χ0n) is 12.0. The highest BCUT2D eigenvalue weighted by atomic mass is 35.5. The van der Waals surface area contributed by atoms with Crippen molar-refractivity contribution in [1.82, 2.24) is 4.98 Å². The van der Waals surface area contributed by atoms with E-state index in [9.17, 15) is 22.8 Å². The average molecular weight is 366 g/mol. The molecule has 0 radical (unpaired) electrons. The van der Waals surface area contributed by atoms with Crippen molar-refractivity contribution in [3.05, 3.63) is 38.6 Å². The van der Waals surface area contributed by atoms with Crippen molar-refractivity contribution >= 4 is 40.3 Å². The maximum Gasteiger partial charge on any atom is 0.418 e. The first-order chi connectivity index (χ1) is 10.7. The third-order valence-corrected chi connectivity index (χ3v) is 3.66. The Labute approximate surface area is 138 Å². The van der Waals surface area contributed by atoms with E-state index in [1.54, 1.807) is 0 Å². The van der Waals surface area contributed by atoms with Crippen LogP contribution in [0.15, 0.2) is 16.9 Å². The molecule has 0 aliphatic heterocycles. The molecule has 4 nitrogen and oxygen atoms in total. The van der Waals surface area contributed by atoms with Gasteiger partial charge in [-0.2, -0.15) is 13.2 Å². The van der Waals surface area contributed by atoms with Crippen molar-refractivity contribution in [2.24, 2.45) is 0 Å². The highest BCUT2D eigenvalue weighted by Gasteiger charge is 2.35. The van der Waals surface area contributed by atoms with Crippen LogP contribution < -0.4 is 9.74 Å². The van der Waals surface area contributed by atoms with E-state index in [-0.39, 0.29) is 28.1 Å². The third-order valence-electron chi connectivity index (χ3n) is 3.11. The standard InChI is InChI=1S/C14H11ClF3NO3S/c1-3-9(20)10-12(22-23-2)7-4-6(15)5-8(14(16,17)18)11(7)19-13(10)21/h4-5H,3H2,1-2H3,(H,19,21). The molecule has 1 aromatic heterocycles. The molecule has 2 aromatic rings. The summed E-state index contributed by atoms with van der Waals surface area (Å²) in [6.45, 7) is 1.54. The molecular formula is C14H11ClF3NO3S. The van der Waals surface area contributed by atoms with Gasteiger partial charge in [-0.15, -0.1) is 0 Å². The molecule has 0 unspecified atom stereocenters. The number of fused-ring (bicyclic) bond motifs is 1. The van der Waals surface area contributed by atoms with E-state index >= 15 is 0 Å². The van der Waals surface area contributed by atoms with E-state index in [0.717, 1.165) is 12.0 Å². The Morgan fingerprint density at radius 3 is 2.57 bits per heavy atom. The first kappa shape index (κ1) is 17.7. The molecule has 0 saturated heterocycles. The summed E-state index contributed by atoms with van der Waals surface area (Å²) in [7, 11) is 0. The molecule has 1 aromatic carbocycles. The molecule has 23 heavy (non-hydrogen) atoms. The average Bonchev–Trinajstić information content (AvgIpc) is 2.46. The highest BCUT2D eigenvalue weighted by molar-refractivity contribution is 7.94. The Kier molecular flexibility index (Phi) is 4.95. The fourth-order valence-corrected chi connectivity index (χ4v) is 2.72. The highest BCUT2D eigenvalue weighted by Crippen LogP contribution is 2.39. The van der Waals surface area contributed by atoms with Gasteiger partial charge in [-0.1, -0.05) is 18.5 Å². The molecule has 0 fully saturated rings. The lowest BCUT2D eigenvalue weighted by atomic mass is 10.0. The Balaban J connectivity index is 3.00. The van der Waals surface area contributed by atoms with Gasteiger partial charge in [0.2, 0.25) is 0 Å². The van der Waals surface area contributed by atoms with Crippen LogP contribution in [0.5, 0.6) is 5.75 Å². The zero-order chi connectivity index (χ0) is 17.4. The van der Waals surface area contributed by atoms with Crippen LogP contribution >= 0.6 is 23.6 Å². The van der Waals surface area contributed by atoms with Crippen molar-refractivity contribution in [1.29, 1.82) is 0 Å². The number of hydrogen-bond acceptors (Lipinski definition) is 4. The van der Waals surface area contributed by atoms with Gasteiger partial charge in [-0.25, -0.2) is 0 Å². The molecule has 0 aliphatic carbocycles. The molecule has 0 aliphatic rings. The SMILES string of the molecule is CCC(=O)c1c(OSC)c2cc(Cl)cc(C(F)(F)F)c2[nH]c1=O. The molecule has 0 bridgehead atoms. The summed E-state index contributed by atoms with van der Waals surface area (Å²) < 4.78 is 44.8. The van der Waals surface area contributed by atoms with Crippen LogP contribution in [-0.4, -0.2) is 17.0 Å². The van der Waals surface area contributed by atoms with Gasteiger partial charge in [0.05, 0.1) is 23.1 Å². The number of rotatable bonds is 4. The normalized spacial score (nSPS) is 11.7. The van der Waals surface area contributed by atoms with Gasteiger partial charge in [-0.05, 0) is 12.1 Å². The van der Waals surface area contributed by atoms with Gasteiger partial charge >= 0.3 is 6.18 Å². The number of benzene rings is 1. The summed E-state index contributed by atoms with van der Waals surface area (Å²) in [5.74, 6) is -0.748. The second-order valence-electron chi connectivity index (χ2n) is 4.56. The number of alkyl halides is 3. The van der Waals surface area contributed by atoms with Gasteiger partial charge in [0.1, 0.15) is 5.56 Å². The molecule has 9 heteroatoms. The first-order valence-electron chi connectivity index (χ1n) is 6.41. The van der Waals surface area contributed by atoms with E-state index in [1.165, 1.54) is 19.2 Å². The molecule has 1 heterocycles. The zero-order valence-corrected chi connectivity index (χ0v) is 13.6. The molecule has 0 atom stereocenters. The van der Waals surface area contributed by atoms with Crippen LogP contribution in [0, 0.1) is 0 Å². The number of hydrogen-bond donors (Lipinski definition) is 1. The van der Waals surface area contributed by atoms with Crippen molar-refractivity contribution in [3.8, 4) is 5.75 Å². The minimum absolute atomic E-state index is 0.00597. The quantitative estimate of drug-likeness (QED) is 0.642. The number of H-pyrrole nitrogens is 1. The summed E-state index contributed by atoms with van der Waals surface area (Å²) in [4.78, 5) is 26.2. The molecule has 124 valence electrons. The molecular weight excluding hydrogens is 355 g/mol. The Morgan fingerprint density at radius 1 is 1.39 bits per heavy atom. The van der Waals surface area contributed by atoms with Gasteiger partial charge in [-0.3, -0.25) is 9.59 Å². The summed E-state index contributed by atoms with van der Waals surface area (Å²) in [6.07, 6.45) is -3.20. The summed E-state index contributed by atoms with van der Waals surface area (Å²) in [6, 6.07) is 1.93. The molecule has 0 amide bonds. The van der Waals surface area contributed by atoms with Crippen LogP contribution in [0.2, 0.25) is 5.02 Å². The summed E-state index contributed by atoms with van der Waals surface area (Å²) in [5, 5.41) is -0.256. The minimum Gasteiger partial charge on any atom is -0.424 e. The number of aromatic amines is 1. The van der Waals surface area contributed by atoms with Crippen LogP contribution in [-0.2, 0) is 6.18 Å². The maximum atomic E-state index is 13.2. The van der Waals surface area contributed by atoms with Crippen LogP contribution in [0.1, 0.15) is 29.3 Å².